The van der Waals surface area contributed by atoms with Crippen molar-refractivity contribution in [3.8, 4) is 0 Å². The summed E-state index contributed by atoms with van der Waals surface area (Å²) in [5.74, 6) is 0. The maximum atomic E-state index is 12.5. The zero-order valence-corrected chi connectivity index (χ0v) is 14.5. The molecule has 1 atom stereocenters. The van der Waals surface area contributed by atoms with Gasteiger partial charge >= 0.3 is 0 Å². The van der Waals surface area contributed by atoms with Gasteiger partial charge in [0.15, 0.2) is 0 Å². The van der Waals surface area contributed by atoms with E-state index in [4.69, 9.17) is 11.6 Å². The van der Waals surface area contributed by atoms with Crippen LogP contribution in [0.1, 0.15) is 17.7 Å². The number of H-pyrrole nitrogens is 1. The van der Waals surface area contributed by atoms with Crippen LogP contribution in [0.15, 0.2) is 53.4 Å². The predicted octanol–water partition coefficient (Wildman–Crippen LogP) is 3.66. The molecule has 6 heteroatoms. The summed E-state index contributed by atoms with van der Waals surface area (Å²) in [5, 5.41) is 1.78. The normalized spacial score (nSPS) is 17.8. The molecule has 0 fully saturated rings. The van der Waals surface area contributed by atoms with Gasteiger partial charge in [0, 0.05) is 27.7 Å². The topological polar surface area (TPSA) is 62.0 Å². The van der Waals surface area contributed by atoms with Gasteiger partial charge in [-0.1, -0.05) is 29.8 Å². The highest BCUT2D eigenvalue weighted by Gasteiger charge is 2.26. The molecule has 0 bridgehead atoms. The third-order valence-electron chi connectivity index (χ3n) is 4.53. The van der Waals surface area contributed by atoms with Gasteiger partial charge in [0.2, 0.25) is 10.0 Å². The Morgan fingerprint density at radius 2 is 1.92 bits per heavy atom. The second kappa shape index (κ2) is 5.92. The van der Waals surface area contributed by atoms with E-state index in [0.29, 0.717) is 16.3 Å². The van der Waals surface area contributed by atoms with Crippen molar-refractivity contribution in [2.75, 3.05) is 0 Å². The summed E-state index contributed by atoms with van der Waals surface area (Å²) in [4.78, 5) is 3.73. The van der Waals surface area contributed by atoms with Gasteiger partial charge in [0.25, 0.3) is 0 Å². The number of nitrogens with one attached hydrogen (secondary N) is 2. The maximum Gasteiger partial charge on any atom is 0.240 e. The molecule has 124 valence electrons. The molecule has 2 aromatic carbocycles. The minimum atomic E-state index is -3.49. The number of aromatic nitrogens is 1. The molecule has 0 radical (unpaired) electrons. The van der Waals surface area contributed by atoms with E-state index in [2.05, 4.69) is 9.71 Å². The molecule has 0 spiro atoms. The molecule has 24 heavy (non-hydrogen) atoms. The number of hydrogen-bond donors (Lipinski definition) is 2. The molecule has 1 aliphatic carbocycles. The first kappa shape index (κ1) is 15.7. The molecule has 0 saturated carbocycles. The third kappa shape index (κ3) is 2.83. The van der Waals surface area contributed by atoms with Gasteiger partial charge in [-0.2, -0.15) is 0 Å². The number of benzene rings is 2. The van der Waals surface area contributed by atoms with Crippen LogP contribution < -0.4 is 4.72 Å². The number of hydrogen-bond acceptors (Lipinski definition) is 2. The molecule has 1 aliphatic rings. The summed E-state index contributed by atoms with van der Waals surface area (Å²) >= 11 is 6.12. The van der Waals surface area contributed by atoms with Crippen molar-refractivity contribution in [3.63, 3.8) is 0 Å². The van der Waals surface area contributed by atoms with Crippen LogP contribution in [0.4, 0.5) is 0 Å². The lowest BCUT2D eigenvalue weighted by Gasteiger charge is -2.23. The molecule has 1 unspecified atom stereocenters. The van der Waals surface area contributed by atoms with Gasteiger partial charge in [-0.25, -0.2) is 13.1 Å². The highest BCUT2D eigenvalue weighted by atomic mass is 35.5. The molecule has 2 N–H and O–H groups in total. The van der Waals surface area contributed by atoms with E-state index in [9.17, 15) is 8.42 Å². The van der Waals surface area contributed by atoms with E-state index in [1.165, 1.54) is 11.3 Å². The van der Waals surface area contributed by atoms with E-state index < -0.39 is 10.0 Å². The second-order valence-electron chi connectivity index (χ2n) is 6.15. The highest BCUT2D eigenvalue weighted by Crippen LogP contribution is 2.31. The number of fused-ring (bicyclic) bond motifs is 3. The van der Waals surface area contributed by atoms with Crippen LogP contribution in [0, 0.1) is 0 Å². The van der Waals surface area contributed by atoms with Crippen molar-refractivity contribution < 1.29 is 8.42 Å². The molecule has 4 rings (SSSR count). The van der Waals surface area contributed by atoms with E-state index in [-0.39, 0.29) is 6.04 Å². The van der Waals surface area contributed by atoms with Crippen LogP contribution in [0.25, 0.3) is 10.9 Å². The van der Waals surface area contributed by atoms with Crippen molar-refractivity contribution in [2.45, 2.75) is 30.2 Å². The molecule has 4 nitrogen and oxygen atoms in total. The first-order valence-corrected chi connectivity index (χ1v) is 9.75. The largest absolute Gasteiger partial charge is 0.358 e. The van der Waals surface area contributed by atoms with Gasteiger partial charge in [-0.3, -0.25) is 0 Å². The Bertz CT molecular complexity index is 997. The minimum absolute atomic E-state index is 0.110. The first-order valence-electron chi connectivity index (χ1n) is 7.89. The van der Waals surface area contributed by atoms with Crippen LogP contribution >= 0.6 is 11.6 Å². The lowest BCUT2D eigenvalue weighted by Crippen LogP contribution is -2.38. The fraction of sp³-hybridized carbons (Fsp3) is 0.222. The van der Waals surface area contributed by atoms with Crippen LogP contribution in [0.5, 0.6) is 0 Å². The smallest absolute Gasteiger partial charge is 0.240 e. The second-order valence-corrected chi connectivity index (χ2v) is 8.30. The van der Waals surface area contributed by atoms with Crippen LogP contribution in [-0.2, 0) is 22.9 Å². The van der Waals surface area contributed by atoms with E-state index >= 15 is 0 Å². The Balaban J connectivity index is 1.62. The zero-order valence-electron chi connectivity index (χ0n) is 12.9. The van der Waals surface area contributed by atoms with E-state index in [1.54, 1.807) is 24.3 Å². The van der Waals surface area contributed by atoms with Crippen molar-refractivity contribution >= 4 is 32.5 Å². The van der Waals surface area contributed by atoms with E-state index in [0.717, 1.165) is 23.7 Å². The fourth-order valence-electron chi connectivity index (χ4n) is 3.38. The van der Waals surface area contributed by atoms with Crippen molar-refractivity contribution in [2.24, 2.45) is 0 Å². The Kier molecular flexibility index (Phi) is 3.87. The zero-order chi connectivity index (χ0) is 16.7. The summed E-state index contributed by atoms with van der Waals surface area (Å²) in [6.45, 7) is 0. The van der Waals surface area contributed by atoms with Gasteiger partial charge in [0.05, 0.1) is 4.90 Å². The highest BCUT2D eigenvalue weighted by molar-refractivity contribution is 7.89. The lowest BCUT2D eigenvalue weighted by atomic mass is 9.92. The first-order chi connectivity index (χ1) is 11.5. The number of sulfonamides is 1. The molecule has 1 heterocycles. The predicted molar refractivity (Wildman–Crippen MR) is 95.9 cm³/mol. The summed E-state index contributed by atoms with van der Waals surface area (Å²) in [7, 11) is -3.49. The Morgan fingerprint density at radius 1 is 1.12 bits per heavy atom. The van der Waals surface area contributed by atoms with Gasteiger partial charge in [-0.15, -0.1) is 0 Å². The van der Waals surface area contributed by atoms with E-state index in [1.807, 2.05) is 24.3 Å². The quantitative estimate of drug-likeness (QED) is 0.748. The Labute approximate surface area is 145 Å². The number of aryl methyl sites for hydroxylation is 1. The number of halogens is 1. The summed E-state index contributed by atoms with van der Waals surface area (Å²) in [5.41, 5.74) is 3.40. The van der Waals surface area contributed by atoms with Crippen molar-refractivity contribution in [1.82, 2.24) is 9.71 Å². The average molecular weight is 361 g/mol. The Hall–Kier alpha value is -1.82. The summed E-state index contributed by atoms with van der Waals surface area (Å²) in [6, 6.07) is 14.2. The van der Waals surface area contributed by atoms with Crippen LogP contribution in [0.3, 0.4) is 0 Å². The van der Waals surface area contributed by atoms with Gasteiger partial charge < -0.3 is 4.98 Å². The molecule has 3 aromatic rings. The summed E-state index contributed by atoms with van der Waals surface area (Å²) < 4.78 is 27.9. The van der Waals surface area contributed by atoms with Crippen LogP contribution in [0.2, 0.25) is 5.02 Å². The minimum Gasteiger partial charge on any atom is -0.358 e. The van der Waals surface area contributed by atoms with Crippen LogP contribution in [-0.4, -0.2) is 19.4 Å². The molecule has 0 aliphatic heterocycles. The SMILES string of the molecule is O=S(=O)(NC1CCc2[nH]c3ccc(Cl)cc3c2C1)c1ccccc1. The number of aromatic amines is 1. The lowest BCUT2D eigenvalue weighted by molar-refractivity contribution is 0.506. The Morgan fingerprint density at radius 3 is 2.71 bits per heavy atom. The van der Waals surface area contributed by atoms with Crippen molar-refractivity contribution in [3.05, 3.63) is 64.8 Å². The standard InChI is InChI=1S/C18H17ClN2O2S/c19-12-6-8-17-15(10-12)16-11-13(7-9-18(16)20-17)21-24(22,23)14-4-2-1-3-5-14/h1-6,8,10,13,20-21H,7,9,11H2. The van der Waals surface area contributed by atoms with Gasteiger partial charge in [-0.05, 0) is 55.2 Å². The van der Waals surface area contributed by atoms with Gasteiger partial charge in [0.1, 0.15) is 0 Å². The van der Waals surface area contributed by atoms with Crippen molar-refractivity contribution in [1.29, 1.82) is 0 Å². The fourth-order valence-corrected chi connectivity index (χ4v) is 4.84. The average Bonchev–Trinajstić information content (AvgIpc) is 2.93. The molecular formula is C18H17ClN2O2S. The molecular weight excluding hydrogens is 344 g/mol. The maximum absolute atomic E-state index is 12.5. The third-order valence-corrected chi connectivity index (χ3v) is 6.30. The monoisotopic (exact) mass is 360 g/mol. The molecule has 0 amide bonds. The molecule has 0 saturated heterocycles. The summed E-state index contributed by atoms with van der Waals surface area (Å²) in [6.07, 6.45) is 2.27. The molecule has 1 aromatic heterocycles. The number of rotatable bonds is 3.